The van der Waals surface area contributed by atoms with E-state index in [4.69, 9.17) is 9.47 Å². The van der Waals surface area contributed by atoms with Gasteiger partial charge in [-0.05, 0) is 61.1 Å². The monoisotopic (exact) mass is 488 g/mol. The van der Waals surface area contributed by atoms with Crippen molar-refractivity contribution in [2.24, 2.45) is 5.92 Å². The number of carbonyl (C=O) groups excluding carboxylic acids is 1. The van der Waals surface area contributed by atoms with E-state index in [2.05, 4.69) is 4.98 Å². The van der Waals surface area contributed by atoms with Crippen molar-refractivity contribution in [2.75, 3.05) is 27.3 Å². The molecule has 2 aromatic carbocycles. The van der Waals surface area contributed by atoms with Crippen LogP contribution in [0.1, 0.15) is 40.0 Å². The third-order valence-corrected chi connectivity index (χ3v) is 6.73. The molecule has 1 aliphatic rings. The lowest BCUT2D eigenvalue weighted by Crippen LogP contribution is -2.37. The van der Waals surface area contributed by atoms with Crippen molar-refractivity contribution in [3.63, 3.8) is 0 Å². The van der Waals surface area contributed by atoms with E-state index < -0.39 is 17.7 Å². The Morgan fingerprint density at radius 2 is 1.82 bits per heavy atom. The zero-order valence-electron chi connectivity index (χ0n) is 19.2. The van der Waals surface area contributed by atoms with Gasteiger partial charge in [0, 0.05) is 12.6 Å². The molecule has 9 heteroatoms. The molecule has 180 valence electrons. The lowest BCUT2D eigenvalue weighted by atomic mass is 10.1. The average molecular weight is 489 g/mol. The molecule has 1 unspecified atom stereocenters. The molecule has 1 fully saturated rings. The van der Waals surface area contributed by atoms with Gasteiger partial charge in [0.25, 0.3) is 5.91 Å². The first kappa shape index (κ1) is 24.1. The van der Waals surface area contributed by atoms with Crippen molar-refractivity contribution in [3.05, 3.63) is 64.3 Å². The zero-order chi connectivity index (χ0) is 24.4. The van der Waals surface area contributed by atoms with E-state index in [1.165, 1.54) is 37.7 Å². The summed E-state index contributed by atoms with van der Waals surface area (Å²) in [5, 5.41) is 11.6. The minimum Gasteiger partial charge on any atom is -0.493 e. The van der Waals surface area contributed by atoms with Crippen LogP contribution in [0.3, 0.4) is 0 Å². The van der Waals surface area contributed by atoms with Gasteiger partial charge in [-0.3, -0.25) is 4.79 Å². The van der Waals surface area contributed by atoms with Gasteiger partial charge in [0.15, 0.2) is 11.5 Å². The fourth-order valence-electron chi connectivity index (χ4n) is 3.83. The number of halogens is 2. The maximum Gasteiger partial charge on any atom is 0.274 e. The molecule has 1 heterocycles. The summed E-state index contributed by atoms with van der Waals surface area (Å²) in [4.78, 5) is 20.0. The molecule has 4 rings (SSSR count). The van der Waals surface area contributed by atoms with Gasteiger partial charge < -0.3 is 19.5 Å². The predicted octanol–water partition coefficient (Wildman–Crippen LogP) is 5.00. The largest absolute Gasteiger partial charge is 0.493 e. The van der Waals surface area contributed by atoms with Gasteiger partial charge >= 0.3 is 0 Å². The number of methoxy groups -OCH3 is 2. The summed E-state index contributed by atoms with van der Waals surface area (Å²) in [5.41, 5.74) is 0.971. The third-order valence-electron chi connectivity index (χ3n) is 5.71. The van der Waals surface area contributed by atoms with E-state index in [-0.39, 0.29) is 23.7 Å². The van der Waals surface area contributed by atoms with E-state index in [0.717, 1.165) is 18.9 Å². The fraction of sp³-hybridized carbons (Fsp3) is 0.360. The number of thiazole rings is 1. The number of hydrogen-bond acceptors (Lipinski definition) is 6. The Labute approximate surface area is 200 Å². The van der Waals surface area contributed by atoms with E-state index in [1.54, 1.807) is 30.0 Å². The van der Waals surface area contributed by atoms with Crippen LogP contribution in [0.4, 0.5) is 8.78 Å². The van der Waals surface area contributed by atoms with Crippen LogP contribution in [0, 0.1) is 24.5 Å². The highest BCUT2D eigenvalue weighted by Gasteiger charge is 2.31. The lowest BCUT2D eigenvalue weighted by molar-refractivity contribution is 0.0606. The topological polar surface area (TPSA) is 71.9 Å². The number of hydrogen-bond donors (Lipinski definition) is 1. The number of benzene rings is 2. The molecule has 6 nitrogen and oxygen atoms in total. The highest BCUT2D eigenvalue weighted by molar-refractivity contribution is 7.15. The average Bonchev–Trinajstić information content (AvgIpc) is 3.54. The quantitative estimate of drug-likeness (QED) is 0.459. The summed E-state index contributed by atoms with van der Waals surface area (Å²) in [6.45, 7) is 2.25. The summed E-state index contributed by atoms with van der Waals surface area (Å²) in [5.74, 6) is -0.456. The first-order chi connectivity index (χ1) is 16.3. The Morgan fingerprint density at radius 3 is 2.44 bits per heavy atom. The second kappa shape index (κ2) is 10.1. The highest BCUT2D eigenvalue weighted by Crippen LogP contribution is 2.35. The number of aromatic nitrogens is 1. The Kier molecular flexibility index (Phi) is 7.13. The predicted molar refractivity (Wildman–Crippen MR) is 125 cm³/mol. The second-order valence-corrected chi connectivity index (χ2v) is 9.56. The number of carbonyl (C=O) groups is 1. The number of amides is 1. The van der Waals surface area contributed by atoms with Gasteiger partial charge in [-0.2, -0.15) is 0 Å². The van der Waals surface area contributed by atoms with Crippen LogP contribution >= 0.6 is 11.3 Å². The zero-order valence-corrected chi connectivity index (χ0v) is 20.0. The second-order valence-electron chi connectivity index (χ2n) is 8.35. The SMILES string of the molecule is COc1ccc(C(O)CN(CC2CC2)C(=O)c2nc(C)sc2-c2cc(F)cc(F)c2)cc1OC. The molecule has 0 saturated heterocycles. The lowest BCUT2D eigenvalue weighted by Gasteiger charge is -2.26. The van der Waals surface area contributed by atoms with E-state index in [0.29, 0.717) is 39.4 Å². The fourth-order valence-corrected chi connectivity index (χ4v) is 4.73. The summed E-state index contributed by atoms with van der Waals surface area (Å²) in [7, 11) is 3.04. The molecule has 1 aliphatic carbocycles. The van der Waals surface area contributed by atoms with E-state index in [9.17, 15) is 18.7 Å². The minimum atomic E-state index is -0.975. The Balaban J connectivity index is 1.63. The van der Waals surface area contributed by atoms with Crippen LogP contribution in [-0.2, 0) is 0 Å². The van der Waals surface area contributed by atoms with Crippen molar-refractivity contribution in [2.45, 2.75) is 25.9 Å². The maximum absolute atomic E-state index is 13.9. The Morgan fingerprint density at radius 1 is 1.15 bits per heavy atom. The summed E-state index contributed by atoms with van der Waals surface area (Å²) in [6.07, 6.45) is 1.04. The maximum atomic E-state index is 13.9. The number of ether oxygens (including phenoxy) is 2. The Bertz CT molecular complexity index is 1180. The van der Waals surface area contributed by atoms with Crippen LogP contribution < -0.4 is 9.47 Å². The first-order valence-electron chi connectivity index (χ1n) is 10.9. The minimum absolute atomic E-state index is 0.0400. The first-order valence-corrected chi connectivity index (χ1v) is 11.7. The number of rotatable bonds is 9. The molecular formula is C25H26F2N2O4S. The summed E-state index contributed by atoms with van der Waals surface area (Å²) in [6, 6.07) is 8.27. The molecule has 1 N–H and O–H groups in total. The van der Waals surface area contributed by atoms with Gasteiger partial charge in [-0.25, -0.2) is 13.8 Å². The molecule has 1 atom stereocenters. The molecule has 1 saturated carbocycles. The molecule has 34 heavy (non-hydrogen) atoms. The van der Waals surface area contributed by atoms with Crippen molar-refractivity contribution < 1.29 is 28.2 Å². The van der Waals surface area contributed by atoms with E-state index >= 15 is 0 Å². The van der Waals surface area contributed by atoms with Gasteiger partial charge in [-0.1, -0.05) is 6.07 Å². The number of aliphatic hydroxyl groups is 1. The number of nitrogens with zero attached hydrogens (tertiary/aromatic N) is 2. The van der Waals surface area contributed by atoms with Gasteiger partial charge in [0.1, 0.15) is 17.3 Å². The van der Waals surface area contributed by atoms with Crippen LogP contribution in [-0.4, -0.2) is 48.2 Å². The molecule has 0 spiro atoms. The number of aliphatic hydroxyl groups excluding tert-OH is 1. The van der Waals surface area contributed by atoms with Crippen LogP contribution in [0.15, 0.2) is 36.4 Å². The van der Waals surface area contributed by atoms with Crippen molar-refractivity contribution >= 4 is 17.2 Å². The van der Waals surface area contributed by atoms with Crippen molar-refractivity contribution in [1.29, 1.82) is 0 Å². The highest BCUT2D eigenvalue weighted by atomic mass is 32.1. The molecular weight excluding hydrogens is 462 g/mol. The molecule has 1 aromatic heterocycles. The van der Waals surface area contributed by atoms with Crippen LogP contribution in [0.5, 0.6) is 11.5 Å². The van der Waals surface area contributed by atoms with Gasteiger partial charge in [0.2, 0.25) is 0 Å². The smallest absolute Gasteiger partial charge is 0.274 e. The molecule has 0 radical (unpaired) electrons. The standard InChI is InChI=1S/C25H26F2N2O4S/c1-14-28-23(24(34-14)17-8-18(26)11-19(27)9-17)25(31)29(12-15-4-5-15)13-20(30)16-6-7-21(32-2)22(10-16)33-3/h6-11,15,20,30H,4-5,12-13H2,1-3H3. The number of aryl methyl sites for hydroxylation is 1. The molecule has 1 amide bonds. The van der Waals surface area contributed by atoms with Crippen molar-refractivity contribution in [1.82, 2.24) is 9.88 Å². The van der Waals surface area contributed by atoms with E-state index in [1.807, 2.05) is 0 Å². The van der Waals surface area contributed by atoms with Crippen molar-refractivity contribution in [3.8, 4) is 21.9 Å². The van der Waals surface area contributed by atoms with Crippen LogP contribution in [0.25, 0.3) is 10.4 Å². The molecule has 3 aromatic rings. The molecule has 0 bridgehead atoms. The van der Waals surface area contributed by atoms with Gasteiger partial charge in [-0.15, -0.1) is 11.3 Å². The molecule has 0 aliphatic heterocycles. The third kappa shape index (κ3) is 5.37. The van der Waals surface area contributed by atoms with Gasteiger partial charge in [0.05, 0.1) is 36.8 Å². The summed E-state index contributed by atoms with van der Waals surface area (Å²) < 4.78 is 38.3. The van der Waals surface area contributed by atoms with Crippen LogP contribution in [0.2, 0.25) is 0 Å². The summed E-state index contributed by atoms with van der Waals surface area (Å²) >= 11 is 1.20. The Hall–Kier alpha value is -3.04. The normalized spacial score (nSPS) is 14.1.